The first kappa shape index (κ1) is 21.1. The lowest BCUT2D eigenvalue weighted by Crippen LogP contribution is -2.51. The number of benzene rings is 2. The van der Waals surface area contributed by atoms with Gasteiger partial charge < -0.3 is 5.11 Å². The number of hydrogen-bond acceptors (Lipinski definition) is 5. The van der Waals surface area contributed by atoms with Crippen molar-refractivity contribution < 1.29 is 9.90 Å². The maximum absolute atomic E-state index is 13.1. The Balaban J connectivity index is 1.65. The molecule has 1 amide bonds. The van der Waals surface area contributed by atoms with Crippen molar-refractivity contribution in [3.63, 3.8) is 0 Å². The Hall–Kier alpha value is -2.12. The fourth-order valence-corrected chi connectivity index (χ4v) is 4.42. The topological polar surface area (TPSA) is 68.2 Å². The van der Waals surface area contributed by atoms with Crippen molar-refractivity contribution in [2.24, 2.45) is 11.0 Å². The number of piperidine rings is 1. The van der Waals surface area contributed by atoms with Crippen LogP contribution in [0.4, 0.5) is 5.69 Å². The number of aliphatic hydroxyl groups is 1. The van der Waals surface area contributed by atoms with E-state index >= 15 is 0 Å². The van der Waals surface area contributed by atoms with Gasteiger partial charge in [0.15, 0.2) is 0 Å². The molecule has 3 atom stereocenters. The van der Waals surface area contributed by atoms with Crippen LogP contribution < -0.4 is 10.4 Å². The molecule has 2 heterocycles. The van der Waals surface area contributed by atoms with E-state index in [1.165, 1.54) is 0 Å². The molecule has 1 fully saturated rings. The van der Waals surface area contributed by atoms with Crippen LogP contribution in [0.1, 0.15) is 31.4 Å². The predicted octanol–water partition coefficient (Wildman–Crippen LogP) is 4.03. The van der Waals surface area contributed by atoms with E-state index in [0.29, 0.717) is 28.8 Å². The summed E-state index contributed by atoms with van der Waals surface area (Å²) in [5, 5.41) is 19.4. The highest BCUT2D eigenvalue weighted by atomic mass is 35.5. The van der Waals surface area contributed by atoms with Crippen LogP contribution in [0, 0.1) is 5.92 Å². The van der Waals surface area contributed by atoms with E-state index in [9.17, 15) is 9.90 Å². The minimum absolute atomic E-state index is 0.183. The molecule has 0 aromatic heterocycles. The number of hydrazone groups is 1. The second-order valence-corrected chi connectivity index (χ2v) is 8.59. The molecule has 2 N–H and O–H groups in total. The van der Waals surface area contributed by atoms with Gasteiger partial charge >= 0.3 is 0 Å². The number of anilines is 1. The van der Waals surface area contributed by atoms with Crippen LogP contribution in [-0.2, 0) is 4.79 Å². The van der Waals surface area contributed by atoms with E-state index in [4.69, 9.17) is 28.3 Å². The molecule has 0 spiro atoms. The molecule has 1 saturated heterocycles. The van der Waals surface area contributed by atoms with E-state index in [0.717, 1.165) is 24.1 Å². The van der Waals surface area contributed by atoms with E-state index in [2.05, 4.69) is 5.43 Å². The predicted molar refractivity (Wildman–Crippen MR) is 120 cm³/mol. The van der Waals surface area contributed by atoms with Crippen molar-refractivity contribution in [2.75, 3.05) is 18.1 Å². The fraction of sp³-hybridized carbons (Fsp3) is 0.364. The lowest BCUT2D eigenvalue weighted by atomic mass is 9.91. The van der Waals surface area contributed by atoms with Gasteiger partial charge in [0.25, 0.3) is 5.91 Å². The van der Waals surface area contributed by atoms with Gasteiger partial charge in [-0.15, -0.1) is 0 Å². The SMILES string of the molecule is C[C@@H]1C(C(=O)NN2CCCC(O)C2)=NN(c2ccccc2Cl)[C@@H]1c1ccc(Cl)cc1. The third kappa shape index (κ3) is 4.32. The van der Waals surface area contributed by atoms with Crippen LogP contribution in [-0.4, -0.2) is 40.9 Å². The van der Waals surface area contributed by atoms with Crippen molar-refractivity contribution in [3.8, 4) is 0 Å². The number of para-hydroxylation sites is 1. The summed E-state index contributed by atoms with van der Waals surface area (Å²) in [5.41, 5.74) is 5.07. The van der Waals surface area contributed by atoms with Gasteiger partial charge in [-0.05, 0) is 42.7 Å². The third-order valence-electron chi connectivity index (χ3n) is 5.58. The number of nitrogens with zero attached hydrogens (tertiary/aromatic N) is 3. The second kappa shape index (κ2) is 8.94. The van der Waals surface area contributed by atoms with E-state index < -0.39 is 6.10 Å². The van der Waals surface area contributed by atoms with Crippen LogP contribution in [0.2, 0.25) is 10.0 Å². The zero-order valence-corrected chi connectivity index (χ0v) is 18.1. The first-order valence-electron chi connectivity index (χ1n) is 10.1. The Morgan fingerprint density at radius 3 is 2.60 bits per heavy atom. The summed E-state index contributed by atoms with van der Waals surface area (Å²) >= 11 is 12.5. The quantitative estimate of drug-likeness (QED) is 0.743. The maximum atomic E-state index is 13.1. The summed E-state index contributed by atoms with van der Waals surface area (Å²) in [5.74, 6) is -0.442. The van der Waals surface area contributed by atoms with Gasteiger partial charge in [-0.3, -0.25) is 15.2 Å². The fourth-order valence-electron chi connectivity index (χ4n) is 4.07. The molecular weight excluding hydrogens is 423 g/mol. The normalized spacial score (nSPS) is 24.6. The summed E-state index contributed by atoms with van der Waals surface area (Å²) in [4.78, 5) is 13.1. The highest BCUT2D eigenvalue weighted by Gasteiger charge is 2.40. The molecule has 0 aliphatic carbocycles. The number of carbonyl (C=O) groups excluding carboxylic acids is 1. The van der Waals surface area contributed by atoms with E-state index in [1.807, 2.05) is 60.5 Å². The lowest BCUT2D eigenvalue weighted by Gasteiger charge is -2.30. The van der Waals surface area contributed by atoms with Gasteiger partial charge in [0, 0.05) is 24.0 Å². The van der Waals surface area contributed by atoms with Crippen LogP contribution in [0.3, 0.4) is 0 Å². The zero-order valence-electron chi connectivity index (χ0n) is 16.6. The van der Waals surface area contributed by atoms with E-state index in [1.54, 1.807) is 5.01 Å². The van der Waals surface area contributed by atoms with Crippen molar-refractivity contribution >= 4 is 40.5 Å². The molecule has 2 aliphatic rings. The molecule has 0 saturated carbocycles. The van der Waals surface area contributed by atoms with Crippen molar-refractivity contribution in [2.45, 2.75) is 31.9 Å². The third-order valence-corrected chi connectivity index (χ3v) is 6.16. The van der Waals surface area contributed by atoms with Crippen LogP contribution in [0.25, 0.3) is 0 Å². The number of hydrazine groups is 1. The number of carbonyl (C=O) groups is 1. The number of aliphatic hydroxyl groups excluding tert-OH is 1. The number of nitrogens with one attached hydrogen (secondary N) is 1. The number of β-amino-alcohol motifs (C(OH)–C–C–N with tert-alkyl or cyclic N) is 1. The van der Waals surface area contributed by atoms with Gasteiger partial charge in [-0.2, -0.15) is 5.10 Å². The Kier molecular flexibility index (Phi) is 6.29. The summed E-state index contributed by atoms with van der Waals surface area (Å²) in [7, 11) is 0. The number of halogens is 2. The number of amides is 1. The summed E-state index contributed by atoms with van der Waals surface area (Å²) in [6.07, 6.45) is 1.16. The van der Waals surface area contributed by atoms with Crippen LogP contribution in [0.15, 0.2) is 53.6 Å². The molecule has 0 bridgehead atoms. The summed E-state index contributed by atoms with van der Waals surface area (Å²) in [6.45, 7) is 3.11. The Labute approximate surface area is 186 Å². The molecular formula is C22H24Cl2N4O2. The smallest absolute Gasteiger partial charge is 0.282 e. The molecule has 30 heavy (non-hydrogen) atoms. The van der Waals surface area contributed by atoms with Crippen molar-refractivity contribution in [3.05, 3.63) is 64.1 Å². The number of rotatable bonds is 4. The summed E-state index contributed by atoms with van der Waals surface area (Å²) in [6, 6.07) is 14.8. The monoisotopic (exact) mass is 446 g/mol. The standard InChI is InChI=1S/C22H24Cl2N4O2/c1-14-20(22(30)26-27-12-4-5-17(29)13-27)25-28(19-7-3-2-6-18(19)24)21(14)15-8-10-16(23)11-9-15/h2-3,6-11,14,17,21,29H,4-5,12-13H2,1H3,(H,26,30)/t14-,17?,21+/m1/s1. The molecule has 0 radical (unpaired) electrons. The molecule has 158 valence electrons. The highest BCUT2D eigenvalue weighted by molar-refractivity contribution is 6.40. The van der Waals surface area contributed by atoms with Crippen LogP contribution in [0.5, 0.6) is 0 Å². The van der Waals surface area contributed by atoms with Crippen molar-refractivity contribution in [1.82, 2.24) is 10.4 Å². The molecule has 6 nitrogen and oxygen atoms in total. The van der Waals surface area contributed by atoms with Gasteiger partial charge in [-0.1, -0.05) is 54.4 Å². The number of hydrogen-bond donors (Lipinski definition) is 2. The summed E-state index contributed by atoms with van der Waals surface area (Å²) < 4.78 is 0. The van der Waals surface area contributed by atoms with Gasteiger partial charge in [0.1, 0.15) is 5.71 Å². The Morgan fingerprint density at radius 1 is 1.17 bits per heavy atom. The molecule has 2 aliphatic heterocycles. The average molecular weight is 447 g/mol. The lowest BCUT2D eigenvalue weighted by molar-refractivity contribution is -0.120. The molecule has 4 rings (SSSR count). The van der Waals surface area contributed by atoms with Gasteiger partial charge in [0.2, 0.25) is 0 Å². The maximum Gasteiger partial charge on any atom is 0.282 e. The first-order valence-corrected chi connectivity index (χ1v) is 10.8. The molecule has 2 aromatic carbocycles. The molecule has 2 aromatic rings. The van der Waals surface area contributed by atoms with Crippen LogP contribution >= 0.6 is 23.2 Å². The second-order valence-electron chi connectivity index (χ2n) is 7.75. The average Bonchev–Trinajstić information content (AvgIpc) is 3.06. The first-order chi connectivity index (χ1) is 14.4. The highest BCUT2D eigenvalue weighted by Crippen LogP contribution is 2.41. The Bertz CT molecular complexity index is 950. The van der Waals surface area contributed by atoms with Gasteiger partial charge in [0.05, 0.1) is 22.9 Å². The molecule has 1 unspecified atom stereocenters. The minimum atomic E-state index is -0.427. The van der Waals surface area contributed by atoms with Gasteiger partial charge in [-0.25, -0.2) is 5.01 Å². The minimum Gasteiger partial charge on any atom is -0.392 e. The molecule has 8 heteroatoms. The zero-order chi connectivity index (χ0) is 21.3. The largest absolute Gasteiger partial charge is 0.392 e. The Morgan fingerprint density at radius 2 is 1.90 bits per heavy atom. The van der Waals surface area contributed by atoms with Crippen molar-refractivity contribution in [1.29, 1.82) is 0 Å². The van der Waals surface area contributed by atoms with E-state index in [-0.39, 0.29) is 17.9 Å².